The molecule has 0 bridgehead atoms. The molecule has 1 amide bonds. The van der Waals surface area contributed by atoms with Gasteiger partial charge in [-0.15, -0.1) is 0 Å². The number of ether oxygens (including phenoxy) is 2. The van der Waals surface area contributed by atoms with Crippen molar-refractivity contribution in [3.8, 4) is 0 Å². The van der Waals surface area contributed by atoms with E-state index in [1.807, 2.05) is 6.07 Å². The van der Waals surface area contributed by atoms with Crippen LogP contribution >= 0.6 is 0 Å². The van der Waals surface area contributed by atoms with Crippen LogP contribution in [0.25, 0.3) is 0 Å². The van der Waals surface area contributed by atoms with E-state index in [9.17, 15) is 20.1 Å². The third kappa shape index (κ3) is 3.93. The largest absolute Gasteiger partial charge is 0.445 e. The van der Waals surface area contributed by atoms with Crippen LogP contribution in [0.5, 0.6) is 0 Å². The summed E-state index contributed by atoms with van der Waals surface area (Å²) in [5.74, 6) is 0. The summed E-state index contributed by atoms with van der Waals surface area (Å²) >= 11 is 0. The number of aliphatic hydroxyl groups excluding tert-OH is 4. The zero-order valence-corrected chi connectivity index (χ0v) is 11.7. The molecule has 0 aromatic heterocycles. The Balaban J connectivity index is 1.87. The van der Waals surface area contributed by atoms with Gasteiger partial charge in [-0.2, -0.15) is 0 Å². The quantitative estimate of drug-likeness (QED) is 0.468. The van der Waals surface area contributed by atoms with Crippen LogP contribution in [0.1, 0.15) is 5.56 Å². The third-order valence-electron chi connectivity index (χ3n) is 3.40. The van der Waals surface area contributed by atoms with Crippen LogP contribution in [0.2, 0.25) is 0 Å². The second-order valence-electron chi connectivity index (χ2n) is 4.96. The summed E-state index contributed by atoms with van der Waals surface area (Å²) in [5.41, 5.74) is 0.777. The van der Waals surface area contributed by atoms with Crippen LogP contribution in [-0.4, -0.2) is 63.8 Å². The zero-order chi connectivity index (χ0) is 16.1. The smallest absolute Gasteiger partial charge is 0.407 e. The van der Waals surface area contributed by atoms with Gasteiger partial charge in [-0.3, -0.25) is 0 Å². The molecule has 5 N–H and O–H groups in total. The molecule has 0 aliphatic carbocycles. The SMILES string of the molecule is O=C(N[C@@H]1[C@@H](O)[C@H](O)[C@H](CO)O[C@H]1O)OCc1ccccc1. The van der Waals surface area contributed by atoms with E-state index in [1.54, 1.807) is 24.3 Å². The first-order chi connectivity index (χ1) is 10.5. The first kappa shape index (κ1) is 16.7. The molecule has 1 aliphatic heterocycles. The van der Waals surface area contributed by atoms with E-state index in [4.69, 9.17) is 14.6 Å². The molecular weight excluding hydrogens is 294 g/mol. The minimum Gasteiger partial charge on any atom is -0.445 e. The summed E-state index contributed by atoms with van der Waals surface area (Å²) in [6.07, 6.45) is -6.49. The van der Waals surface area contributed by atoms with Gasteiger partial charge in [0, 0.05) is 0 Å². The molecular formula is C14H19NO7. The molecule has 5 atom stereocenters. The summed E-state index contributed by atoms with van der Waals surface area (Å²) < 4.78 is 9.88. The first-order valence-corrected chi connectivity index (χ1v) is 6.80. The highest BCUT2D eigenvalue weighted by Crippen LogP contribution is 2.19. The second-order valence-corrected chi connectivity index (χ2v) is 4.96. The lowest BCUT2D eigenvalue weighted by molar-refractivity contribution is -0.253. The van der Waals surface area contributed by atoms with Crippen LogP contribution in [0, 0.1) is 0 Å². The van der Waals surface area contributed by atoms with Gasteiger partial charge in [0.2, 0.25) is 0 Å². The van der Waals surface area contributed by atoms with Crippen molar-refractivity contribution < 1.29 is 34.7 Å². The first-order valence-electron chi connectivity index (χ1n) is 6.80. The summed E-state index contributed by atoms with van der Waals surface area (Å²) in [5, 5.41) is 40.5. The number of carbonyl (C=O) groups excluding carboxylic acids is 1. The second kappa shape index (κ2) is 7.52. The van der Waals surface area contributed by atoms with E-state index in [0.29, 0.717) is 0 Å². The molecule has 0 saturated carbocycles. The number of amides is 1. The van der Waals surface area contributed by atoms with E-state index >= 15 is 0 Å². The maximum atomic E-state index is 11.7. The summed E-state index contributed by atoms with van der Waals surface area (Å²) in [6, 6.07) is 7.71. The Morgan fingerprint density at radius 2 is 1.86 bits per heavy atom. The number of aliphatic hydroxyl groups is 4. The molecule has 1 fully saturated rings. The number of carbonyl (C=O) groups is 1. The lowest BCUT2D eigenvalue weighted by atomic mass is 9.97. The lowest BCUT2D eigenvalue weighted by Crippen LogP contribution is -2.64. The van der Waals surface area contributed by atoms with Crippen molar-refractivity contribution in [3.05, 3.63) is 35.9 Å². The summed E-state index contributed by atoms with van der Waals surface area (Å²) in [4.78, 5) is 11.7. The molecule has 0 spiro atoms. The van der Waals surface area contributed by atoms with Gasteiger partial charge in [-0.25, -0.2) is 4.79 Å². The van der Waals surface area contributed by atoms with Gasteiger partial charge in [-0.05, 0) is 5.56 Å². The van der Waals surface area contributed by atoms with E-state index in [1.165, 1.54) is 0 Å². The molecule has 1 aliphatic rings. The molecule has 1 heterocycles. The summed E-state index contributed by atoms with van der Waals surface area (Å²) in [7, 11) is 0. The van der Waals surface area contributed by atoms with E-state index in [-0.39, 0.29) is 6.61 Å². The van der Waals surface area contributed by atoms with Crippen LogP contribution in [-0.2, 0) is 16.1 Å². The standard InChI is InChI=1S/C14H19NO7/c16-6-9-11(17)12(18)10(13(19)22-9)15-14(20)21-7-8-4-2-1-3-5-8/h1-5,9-13,16-19H,6-7H2,(H,15,20)/t9-,10+,11+,12+,13+/m0/s1. The Hall–Kier alpha value is -1.71. The number of benzene rings is 1. The molecule has 1 saturated heterocycles. The number of alkyl carbamates (subject to hydrolysis) is 1. The van der Waals surface area contributed by atoms with Crippen LogP contribution in [0.3, 0.4) is 0 Å². The van der Waals surface area contributed by atoms with Crippen molar-refractivity contribution in [2.75, 3.05) is 6.61 Å². The Morgan fingerprint density at radius 3 is 2.50 bits per heavy atom. The molecule has 1 aromatic carbocycles. The lowest BCUT2D eigenvalue weighted by Gasteiger charge is -2.39. The average molecular weight is 313 g/mol. The molecule has 22 heavy (non-hydrogen) atoms. The van der Waals surface area contributed by atoms with E-state index in [0.717, 1.165) is 5.56 Å². The minimum absolute atomic E-state index is 0.0221. The Kier molecular flexibility index (Phi) is 5.69. The van der Waals surface area contributed by atoms with Crippen LogP contribution < -0.4 is 5.32 Å². The number of hydrogen-bond donors (Lipinski definition) is 5. The van der Waals surface area contributed by atoms with Crippen molar-refractivity contribution >= 4 is 6.09 Å². The molecule has 1 aromatic rings. The maximum absolute atomic E-state index is 11.7. The van der Waals surface area contributed by atoms with Crippen molar-refractivity contribution in [2.45, 2.75) is 37.3 Å². The molecule has 2 rings (SSSR count). The number of hydrogen-bond acceptors (Lipinski definition) is 7. The average Bonchev–Trinajstić information content (AvgIpc) is 2.54. The minimum atomic E-state index is -1.57. The maximum Gasteiger partial charge on any atom is 0.407 e. The van der Waals surface area contributed by atoms with Crippen molar-refractivity contribution in [1.29, 1.82) is 0 Å². The van der Waals surface area contributed by atoms with Crippen molar-refractivity contribution in [2.24, 2.45) is 0 Å². The number of rotatable bonds is 4. The Labute approximate surface area is 126 Å². The topological polar surface area (TPSA) is 128 Å². The fourth-order valence-electron chi connectivity index (χ4n) is 2.15. The fraction of sp³-hybridized carbons (Fsp3) is 0.500. The zero-order valence-electron chi connectivity index (χ0n) is 11.7. The van der Waals surface area contributed by atoms with Gasteiger partial charge in [0.05, 0.1) is 6.61 Å². The fourth-order valence-corrected chi connectivity index (χ4v) is 2.15. The monoisotopic (exact) mass is 313 g/mol. The predicted octanol–water partition coefficient (Wildman–Crippen LogP) is -1.29. The highest BCUT2D eigenvalue weighted by atomic mass is 16.6. The molecule has 122 valence electrons. The normalized spacial score (nSPS) is 31.5. The Morgan fingerprint density at radius 1 is 1.18 bits per heavy atom. The van der Waals surface area contributed by atoms with Gasteiger partial charge in [0.15, 0.2) is 6.29 Å². The van der Waals surface area contributed by atoms with Gasteiger partial charge >= 0.3 is 6.09 Å². The van der Waals surface area contributed by atoms with Crippen LogP contribution in [0.15, 0.2) is 30.3 Å². The predicted molar refractivity (Wildman–Crippen MR) is 73.5 cm³/mol. The van der Waals surface area contributed by atoms with Crippen LogP contribution in [0.4, 0.5) is 4.79 Å². The van der Waals surface area contributed by atoms with Gasteiger partial charge < -0.3 is 35.2 Å². The van der Waals surface area contributed by atoms with E-state index < -0.39 is 43.3 Å². The molecule has 0 unspecified atom stereocenters. The van der Waals surface area contributed by atoms with Gasteiger partial charge in [0.25, 0.3) is 0 Å². The highest BCUT2D eigenvalue weighted by Gasteiger charge is 2.44. The molecule has 0 radical (unpaired) electrons. The Bertz CT molecular complexity index is 483. The number of nitrogens with one attached hydrogen (secondary N) is 1. The highest BCUT2D eigenvalue weighted by molar-refractivity contribution is 5.67. The molecule has 8 heteroatoms. The van der Waals surface area contributed by atoms with Crippen molar-refractivity contribution in [1.82, 2.24) is 5.32 Å². The van der Waals surface area contributed by atoms with E-state index in [2.05, 4.69) is 5.32 Å². The van der Waals surface area contributed by atoms with Crippen molar-refractivity contribution in [3.63, 3.8) is 0 Å². The van der Waals surface area contributed by atoms with Gasteiger partial charge in [0.1, 0.15) is 31.0 Å². The third-order valence-corrected chi connectivity index (χ3v) is 3.40. The summed E-state index contributed by atoms with van der Waals surface area (Å²) in [6.45, 7) is -0.547. The van der Waals surface area contributed by atoms with Gasteiger partial charge in [-0.1, -0.05) is 30.3 Å². The molecule has 8 nitrogen and oxygen atoms in total.